The van der Waals surface area contributed by atoms with Gasteiger partial charge in [0.15, 0.2) is 0 Å². The molecule has 0 aliphatic heterocycles. The van der Waals surface area contributed by atoms with Gasteiger partial charge in [-0.15, -0.1) is 0 Å². The average Bonchev–Trinajstić information content (AvgIpc) is 2.13. The number of aryl methyl sites for hydroxylation is 1. The number of halogens is 2. The van der Waals surface area contributed by atoms with E-state index in [9.17, 15) is 4.39 Å². The second kappa shape index (κ2) is 5.33. The summed E-state index contributed by atoms with van der Waals surface area (Å²) in [6, 6.07) is 3.16. The zero-order chi connectivity index (χ0) is 11.4. The van der Waals surface area contributed by atoms with Gasteiger partial charge in [-0.25, -0.2) is 4.39 Å². The first-order valence-electron chi connectivity index (χ1n) is 4.96. The molecule has 4 heteroatoms. The molecule has 0 saturated carbocycles. The molecule has 1 rings (SSSR count). The standard InChI is InChI=1S/C11H16ClFN2/c1-7-5-9(12)11(6-10(7)13)15-4-3-8(2)14/h5-6,8,15H,3-4,14H2,1-2H3. The first-order chi connectivity index (χ1) is 7.00. The Labute approximate surface area is 94.6 Å². The normalized spacial score (nSPS) is 12.6. The molecule has 0 fully saturated rings. The van der Waals surface area contributed by atoms with Gasteiger partial charge >= 0.3 is 0 Å². The van der Waals surface area contributed by atoms with Gasteiger partial charge in [-0.05, 0) is 38.0 Å². The summed E-state index contributed by atoms with van der Waals surface area (Å²) in [5.41, 5.74) is 6.78. The fourth-order valence-corrected chi connectivity index (χ4v) is 1.50. The van der Waals surface area contributed by atoms with E-state index < -0.39 is 0 Å². The van der Waals surface area contributed by atoms with Crippen molar-refractivity contribution in [3.63, 3.8) is 0 Å². The molecule has 0 aliphatic rings. The number of hydrogen-bond acceptors (Lipinski definition) is 2. The Bertz CT molecular complexity index is 340. The molecule has 0 aliphatic carbocycles. The van der Waals surface area contributed by atoms with Crippen LogP contribution in [-0.2, 0) is 0 Å². The smallest absolute Gasteiger partial charge is 0.128 e. The van der Waals surface area contributed by atoms with Crippen molar-refractivity contribution >= 4 is 17.3 Å². The van der Waals surface area contributed by atoms with Crippen LogP contribution >= 0.6 is 11.6 Å². The molecule has 1 aromatic rings. The van der Waals surface area contributed by atoms with Gasteiger partial charge in [0.05, 0.1) is 10.7 Å². The van der Waals surface area contributed by atoms with Crippen molar-refractivity contribution in [1.82, 2.24) is 0 Å². The van der Waals surface area contributed by atoms with E-state index in [2.05, 4.69) is 5.32 Å². The first kappa shape index (κ1) is 12.3. The van der Waals surface area contributed by atoms with Gasteiger partial charge in [-0.3, -0.25) is 0 Å². The third-order valence-corrected chi connectivity index (χ3v) is 2.48. The summed E-state index contributed by atoms with van der Waals surface area (Å²) in [6.07, 6.45) is 0.825. The minimum atomic E-state index is -0.248. The Kier molecular flexibility index (Phi) is 4.36. The van der Waals surface area contributed by atoms with Crippen LogP contribution in [0.3, 0.4) is 0 Å². The quantitative estimate of drug-likeness (QED) is 0.835. The first-order valence-corrected chi connectivity index (χ1v) is 5.33. The van der Waals surface area contributed by atoms with E-state index in [4.69, 9.17) is 17.3 Å². The summed E-state index contributed by atoms with van der Waals surface area (Å²) in [7, 11) is 0. The summed E-state index contributed by atoms with van der Waals surface area (Å²) in [5.74, 6) is -0.248. The molecule has 1 unspecified atom stereocenters. The average molecular weight is 231 g/mol. The molecule has 15 heavy (non-hydrogen) atoms. The van der Waals surface area contributed by atoms with Crippen LogP contribution in [0.1, 0.15) is 18.9 Å². The second-order valence-electron chi connectivity index (χ2n) is 3.77. The van der Waals surface area contributed by atoms with E-state index in [-0.39, 0.29) is 11.9 Å². The molecule has 0 amide bonds. The third kappa shape index (κ3) is 3.68. The number of nitrogens with two attached hydrogens (primary N) is 1. The van der Waals surface area contributed by atoms with Crippen molar-refractivity contribution in [2.24, 2.45) is 5.73 Å². The maximum atomic E-state index is 13.2. The monoisotopic (exact) mass is 230 g/mol. The van der Waals surface area contributed by atoms with E-state index in [0.29, 0.717) is 22.8 Å². The lowest BCUT2D eigenvalue weighted by molar-refractivity contribution is 0.618. The van der Waals surface area contributed by atoms with Crippen molar-refractivity contribution in [3.05, 3.63) is 28.5 Å². The number of rotatable bonds is 4. The molecule has 1 aromatic carbocycles. The van der Waals surface area contributed by atoms with Gasteiger partial charge in [-0.1, -0.05) is 11.6 Å². The molecule has 1 atom stereocenters. The summed E-state index contributed by atoms with van der Waals surface area (Å²) in [4.78, 5) is 0. The summed E-state index contributed by atoms with van der Waals surface area (Å²) < 4.78 is 13.2. The molecule has 84 valence electrons. The molecule has 0 spiro atoms. The molecule has 0 saturated heterocycles. The van der Waals surface area contributed by atoms with Gasteiger partial charge in [0.1, 0.15) is 5.82 Å². The number of benzene rings is 1. The summed E-state index contributed by atoms with van der Waals surface area (Å²) in [5, 5.41) is 3.60. The highest BCUT2D eigenvalue weighted by atomic mass is 35.5. The lowest BCUT2D eigenvalue weighted by atomic mass is 10.2. The lowest BCUT2D eigenvalue weighted by Crippen LogP contribution is -2.19. The number of anilines is 1. The van der Waals surface area contributed by atoms with Crippen molar-refractivity contribution in [3.8, 4) is 0 Å². The largest absolute Gasteiger partial charge is 0.384 e. The minimum Gasteiger partial charge on any atom is -0.384 e. The van der Waals surface area contributed by atoms with Gasteiger partial charge in [0, 0.05) is 12.6 Å². The second-order valence-corrected chi connectivity index (χ2v) is 4.18. The van der Waals surface area contributed by atoms with Gasteiger partial charge in [-0.2, -0.15) is 0 Å². The topological polar surface area (TPSA) is 38.0 Å². The van der Waals surface area contributed by atoms with E-state index in [1.807, 2.05) is 6.92 Å². The van der Waals surface area contributed by atoms with Crippen LogP contribution in [-0.4, -0.2) is 12.6 Å². The molecule has 3 N–H and O–H groups in total. The van der Waals surface area contributed by atoms with Crippen molar-refractivity contribution in [2.45, 2.75) is 26.3 Å². The Morgan fingerprint density at radius 2 is 2.20 bits per heavy atom. The third-order valence-electron chi connectivity index (χ3n) is 2.16. The molecular formula is C11H16ClFN2. The van der Waals surface area contributed by atoms with Crippen LogP contribution < -0.4 is 11.1 Å². The molecule has 0 bridgehead atoms. The van der Waals surface area contributed by atoms with E-state index in [1.165, 1.54) is 6.07 Å². The maximum absolute atomic E-state index is 13.2. The number of hydrogen-bond donors (Lipinski definition) is 2. The summed E-state index contributed by atoms with van der Waals surface area (Å²) >= 11 is 5.96. The van der Waals surface area contributed by atoms with Crippen LogP contribution in [0.4, 0.5) is 10.1 Å². The van der Waals surface area contributed by atoms with Crippen LogP contribution in [0.2, 0.25) is 5.02 Å². The van der Waals surface area contributed by atoms with Crippen LogP contribution in [0, 0.1) is 12.7 Å². The highest BCUT2D eigenvalue weighted by Gasteiger charge is 2.05. The highest BCUT2D eigenvalue weighted by molar-refractivity contribution is 6.33. The zero-order valence-corrected chi connectivity index (χ0v) is 9.74. The van der Waals surface area contributed by atoms with Crippen LogP contribution in [0.15, 0.2) is 12.1 Å². The van der Waals surface area contributed by atoms with Crippen LogP contribution in [0.25, 0.3) is 0 Å². The highest BCUT2D eigenvalue weighted by Crippen LogP contribution is 2.24. The van der Waals surface area contributed by atoms with Crippen LogP contribution in [0.5, 0.6) is 0 Å². The molecule has 0 radical (unpaired) electrons. The zero-order valence-electron chi connectivity index (χ0n) is 8.98. The van der Waals surface area contributed by atoms with E-state index >= 15 is 0 Å². The molecular weight excluding hydrogens is 215 g/mol. The predicted octanol–water partition coefficient (Wildman–Crippen LogP) is 2.94. The molecule has 2 nitrogen and oxygen atoms in total. The Morgan fingerprint density at radius 3 is 2.80 bits per heavy atom. The van der Waals surface area contributed by atoms with Crippen molar-refractivity contribution in [1.29, 1.82) is 0 Å². The molecule has 0 aromatic heterocycles. The van der Waals surface area contributed by atoms with E-state index in [0.717, 1.165) is 6.42 Å². The van der Waals surface area contributed by atoms with Crippen molar-refractivity contribution < 1.29 is 4.39 Å². The lowest BCUT2D eigenvalue weighted by Gasteiger charge is -2.11. The van der Waals surface area contributed by atoms with Gasteiger partial charge < -0.3 is 11.1 Å². The Balaban J connectivity index is 2.65. The molecule has 0 heterocycles. The Morgan fingerprint density at radius 1 is 1.53 bits per heavy atom. The van der Waals surface area contributed by atoms with Crippen molar-refractivity contribution in [2.75, 3.05) is 11.9 Å². The predicted molar refractivity (Wildman–Crippen MR) is 62.9 cm³/mol. The number of nitrogens with one attached hydrogen (secondary N) is 1. The van der Waals surface area contributed by atoms with Gasteiger partial charge in [0.25, 0.3) is 0 Å². The van der Waals surface area contributed by atoms with Gasteiger partial charge in [0.2, 0.25) is 0 Å². The summed E-state index contributed by atoms with van der Waals surface area (Å²) in [6.45, 7) is 4.31. The Hall–Kier alpha value is -0.800. The maximum Gasteiger partial charge on any atom is 0.128 e. The fraction of sp³-hybridized carbons (Fsp3) is 0.455. The SMILES string of the molecule is Cc1cc(Cl)c(NCCC(C)N)cc1F. The minimum absolute atomic E-state index is 0.131. The van der Waals surface area contributed by atoms with E-state index in [1.54, 1.807) is 13.0 Å². The fourth-order valence-electron chi connectivity index (χ4n) is 1.22.